The summed E-state index contributed by atoms with van der Waals surface area (Å²) in [5, 5.41) is 9.42. The predicted octanol–water partition coefficient (Wildman–Crippen LogP) is 5.17. The van der Waals surface area contributed by atoms with Crippen LogP contribution in [0.1, 0.15) is 54.2 Å². The number of piperidine rings is 1. The molecule has 0 saturated carbocycles. The molecule has 0 bridgehead atoms. The normalized spacial score (nSPS) is 21.1. The Labute approximate surface area is 207 Å². The number of rotatable bonds is 4. The Morgan fingerprint density at radius 2 is 1.73 bits per heavy atom. The van der Waals surface area contributed by atoms with E-state index in [1.807, 2.05) is 30.3 Å². The largest absolute Gasteiger partial charge is 0.439 e. The lowest BCUT2D eigenvalue weighted by Crippen LogP contribution is -2.49. The van der Waals surface area contributed by atoms with Gasteiger partial charge in [-0.1, -0.05) is 30.3 Å². The molecule has 1 aliphatic heterocycles. The topological polar surface area (TPSA) is 71.9 Å². The Morgan fingerprint density at radius 1 is 1.08 bits per heavy atom. The van der Waals surface area contributed by atoms with Gasteiger partial charge in [0.05, 0.1) is 17.2 Å². The number of H-pyrrole nitrogens is 1. The quantitative estimate of drug-likeness (QED) is 0.365. The molecule has 0 spiro atoms. The number of aromatic amines is 1. The van der Waals surface area contributed by atoms with E-state index < -0.39 is 35.1 Å². The standard InChI is InChI=1S/C25H22F6N4O2/c1-16(17-11-19(24(26,27)28)13-20(12-17)25(29,30)31)37-10-9-23(18-5-3-2-4-6-18)8-7-21(14-32-23)35-15-33-34-22(35)36/h2-6,11-13,15-16,21,32H,7-8,14H2,1H3,(H,34,36)/t16-,21+,23-/m1/s1. The highest BCUT2D eigenvalue weighted by molar-refractivity contribution is 5.36. The average molecular weight is 524 g/mol. The van der Waals surface area contributed by atoms with Crippen LogP contribution in [0.5, 0.6) is 0 Å². The Balaban J connectivity index is 1.59. The molecule has 1 aromatic heterocycles. The third kappa shape index (κ3) is 5.83. The summed E-state index contributed by atoms with van der Waals surface area (Å²) < 4.78 is 86.2. The molecule has 4 rings (SSSR count). The molecule has 2 N–H and O–H groups in total. The van der Waals surface area contributed by atoms with Gasteiger partial charge in [-0.3, -0.25) is 9.88 Å². The maximum absolute atomic E-state index is 13.2. The summed E-state index contributed by atoms with van der Waals surface area (Å²) in [7, 11) is 0. The number of alkyl halides is 6. The van der Waals surface area contributed by atoms with Gasteiger partial charge in [0.1, 0.15) is 24.1 Å². The SMILES string of the molecule is C[C@@H](OC#C[C@@]1(c2ccccc2)CC[C@H](n2cn[nH]c2=O)CN1)c1cc(C(F)(F)F)cc(C(F)(F)F)c1. The number of halogens is 6. The number of benzene rings is 2. The molecular weight excluding hydrogens is 502 g/mol. The molecule has 0 aliphatic carbocycles. The lowest BCUT2D eigenvalue weighted by Gasteiger charge is -2.38. The van der Waals surface area contributed by atoms with Crippen LogP contribution in [0.3, 0.4) is 0 Å². The zero-order valence-corrected chi connectivity index (χ0v) is 19.5. The molecule has 0 radical (unpaired) electrons. The van der Waals surface area contributed by atoms with Crippen molar-refractivity contribution in [2.45, 2.75) is 49.8 Å². The lowest BCUT2D eigenvalue weighted by molar-refractivity contribution is -0.143. The van der Waals surface area contributed by atoms with Gasteiger partial charge in [0.25, 0.3) is 0 Å². The third-order valence-electron chi connectivity index (χ3n) is 6.31. The van der Waals surface area contributed by atoms with Crippen molar-refractivity contribution in [2.24, 2.45) is 0 Å². The van der Waals surface area contributed by atoms with E-state index in [0.29, 0.717) is 31.5 Å². The zero-order chi connectivity index (χ0) is 26.8. The molecule has 0 unspecified atom stereocenters. The highest BCUT2D eigenvalue weighted by Gasteiger charge is 2.38. The van der Waals surface area contributed by atoms with E-state index in [0.717, 1.165) is 5.56 Å². The van der Waals surface area contributed by atoms with Crippen molar-refractivity contribution in [3.8, 4) is 12.0 Å². The van der Waals surface area contributed by atoms with Crippen LogP contribution in [0.2, 0.25) is 0 Å². The second kappa shape index (κ2) is 9.97. The number of nitrogens with one attached hydrogen (secondary N) is 2. The van der Waals surface area contributed by atoms with Gasteiger partial charge in [0, 0.05) is 6.54 Å². The summed E-state index contributed by atoms with van der Waals surface area (Å²) in [5.41, 5.74) is -3.60. The first kappa shape index (κ1) is 26.3. The first-order valence-corrected chi connectivity index (χ1v) is 11.3. The maximum atomic E-state index is 13.2. The minimum atomic E-state index is -4.96. The van der Waals surface area contributed by atoms with Crippen molar-refractivity contribution in [2.75, 3.05) is 6.54 Å². The summed E-state index contributed by atoms with van der Waals surface area (Å²) in [6.07, 6.45) is -6.18. The van der Waals surface area contributed by atoms with Gasteiger partial charge in [0.15, 0.2) is 0 Å². The van der Waals surface area contributed by atoms with Crippen LogP contribution in [0, 0.1) is 12.0 Å². The first-order valence-electron chi connectivity index (χ1n) is 11.3. The number of ether oxygens (including phenoxy) is 1. The number of hydrogen-bond acceptors (Lipinski definition) is 4. The molecule has 1 fully saturated rings. The van der Waals surface area contributed by atoms with Gasteiger partial charge >= 0.3 is 18.0 Å². The van der Waals surface area contributed by atoms with Crippen LogP contribution in [0.15, 0.2) is 59.7 Å². The van der Waals surface area contributed by atoms with E-state index in [2.05, 4.69) is 27.5 Å². The van der Waals surface area contributed by atoms with E-state index in [9.17, 15) is 31.1 Å². The van der Waals surface area contributed by atoms with E-state index in [1.54, 1.807) is 0 Å². The molecule has 12 heteroatoms. The molecule has 3 aromatic rings. The molecule has 6 nitrogen and oxygen atoms in total. The van der Waals surface area contributed by atoms with Gasteiger partial charge in [0.2, 0.25) is 0 Å². The van der Waals surface area contributed by atoms with Gasteiger partial charge in [-0.15, -0.1) is 0 Å². The minimum Gasteiger partial charge on any atom is -0.439 e. The fourth-order valence-electron chi connectivity index (χ4n) is 4.25. The summed E-state index contributed by atoms with van der Waals surface area (Å²) in [6, 6.07) is 10.3. The van der Waals surface area contributed by atoms with E-state index in [-0.39, 0.29) is 23.4 Å². The van der Waals surface area contributed by atoms with Crippen molar-refractivity contribution < 1.29 is 31.1 Å². The Bertz CT molecular complexity index is 1310. The van der Waals surface area contributed by atoms with Crippen molar-refractivity contribution in [3.05, 3.63) is 87.6 Å². The molecular formula is C25H22F6N4O2. The summed E-state index contributed by atoms with van der Waals surface area (Å²) >= 11 is 0. The van der Waals surface area contributed by atoms with Gasteiger partial charge in [-0.25, -0.2) is 9.89 Å². The molecule has 1 aliphatic rings. The van der Waals surface area contributed by atoms with Crippen LogP contribution in [-0.4, -0.2) is 21.3 Å². The maximum Gasteiger partial charge on any atom is 0.416 e. The summed E-state index contributed by atoms with van der Waals surface area (Å²) in [5.74, 6) is 2.98. The van der Waals surface area contributed by atoms with Crippen molar-refractivity contribution in [3.63, 3.8) is 0 Å². The van der Waals surface area contributed by atoms with Gasteiger partial charge < -0.3 is 4.74 Å². The lowest BCUT2D eigenvalue weighted by atomic mass is 9.81. The zero-order valence-electron chi connectivity index (χ0n) is 19.5. The Kier molecular flexibility index (Phi) is 7.10. The van der Waals surface area contributed by atoms with E-state index in [1.165, 1.54) is 17.8 Å². The highest BCUT2D eigenvalue weighted by atomic mass is 19.4. The Morgan fingerprint density at radius 3 is 2.24 bits per heavy atom. The van der Waals surface area contributed by atoms with Crippen LogP contribution >= 0.6 is 0 Å². The molecule has 1 saturated heterocycles. The molecule has 196 valence electrons. The molecule has 37 heavy (non-hydrogen) atoms. The summed E-state index contributed by atoms with van der Waals surface area (Å²) in [4.78, 5) is 11.9. The van der Waals surface area contributed by atoms with Crippen molar-refractivity contribution in [1.29, 1.82) is 0 Å². The van der Waals surface area contributed by atoms with Crippen LogP contribution < -0.4 is 11.0 Å². The number of nitrogens with zero attached hydrogens (tertiary/aromatic N) is 2. The monoisotopic (exact) mass is 524 g/mol. The molecule has 2 heterocycles. The fourth-order valence-corrected chi connectivity index (χ4v) is 4.25. The number of aromatic nitrogens is 3. The van der Waals surface area contributed by atoms with E-state index in [4.69, 9.17) is 4.74 Å². The second-order valence-electron chi connectivity index (χ2n) is 8.74. The van der Waals surface area contributed by atoms with Crippen molar-refractivity contribution in [1.82, 2.24) is 20.1 Å². The second-order valence-corrected chi connectivity index (χ2v) is 8.74. The Hall–Kier alpha value is -3.72. The third-order valence-corrected chi connectivity index (χ3v) is 6.31. The van der Waals surface area contributed by atoms with Crippen LogP contribution in [-0.2, 0) is 22.6 Å². The van der Waals surface area contributed by atoms with E-state index >= 15 is 0 Å². The molecule has 0 amide bonds. The number of hydrogen-bond donors (Lipinski definition) is 2. The smallest absolute Gasteiger partial charge is 0.416 e. The van der Waals surface area contributed by atoms with Crippen LogP contribution in [0.25, 0.3) is 0 Å². The van der Waals surface area contributed by atoms with Gasteiger partial charge in [-0.2, -0.15) is 31.4 Å². The highest BCUT2D eigenvalue weighted by Crippen LogP contribution is 2.38. The first-order chi connectivity index (χ1) is 17.4. The van der Waals surface area contributed by atoms with Crippen molar-refractivity contribution >= 4 is 0 Å². The summed E-state index contributed by atoms with van der Waals surface area (Å²) in [6.45, 7) is 1.69. The predicted molar refractivity (Wildman–Crippen MR) is 121 cm³/mol. The fraction of sp³-hybridized carbons (Fsp3) is 0.360. The van der Waals surface area contributed by atoms with Gasteiger partial charge in [-0.05, 0) is 55.0 Å². The minimum absolute atomic E-state index is 0.0694. The van der Waals surface area contributed by atoms with Crippen LogP contribution in [0.4, 0.5) is 26.3 Å². The molecule has 2 aromatic carbocycles. The average Bonchev–Trinajstić information content (AvgIpc) is 3.29. The molecule has 3 atom stereocenters.